The van der Waals surface area contributed by atoms with Gasteiger partial charge in [-0.2, -0.15) is 5.10 Å². The van der Waals surface area contributed by atoms with E-state index in [9.17, 15) is 14.9 Å². The van der Waals surface area contributed by atoms with Gasteiger partial charge in [0.15, 0.2) is 5.82 Å². The fourth-order valence-electron chi connectivity index (χ4n) is 2.47. The highest BCUT2D eigenvalue weighted by molar-refractivity contribution is 6.30. The maximum absolute atomic E-state index is 12.3. The Morgan fingerprint density at radius 3 is 2.81 bits per heavy atom. The van der Waals surface area contributed by atoms with Crippen molar-refractivity contribution < 1.29 is 9.72 Å². The molecule has 0 aliphatic heterocycles. The number of carbonyl (C=O) groups excluding carboxylic acids is 1. The SMILES string of the molecule is Cc1ccc(C(=O)Nc2ccn(Cc3cccc(Cl)c3)n2)cc1[N+](=O)[O-]. The summed E-state index contributed by atoms with van der Waals surface area (Å²) in [5.74, 6) is -0.0960. The highest BCUT2D eigenvalue weighted by Crippen LogP contribution is 2.20. The van der Waals surface area contributed by atoms with Crippen molar-refractivity contribution in [3.63, 3.8) is 0 Å². The third-order valence-corrected chi connectivity index (χ3v) is 4.02. The number of aromatic nitrogens is 2. The van der Waals surface area contributed by atoms with Gasteiger partial charge in [-0.15, -0.1) is 0 Å². The van der Waals surface area contributed by atoms with Crippen molar-refractivity contribution in [1.29, 1.82) is 0 Å². The Hall–Kier alpha value is -3.19. The van der Waals surface area contributed by atoms with Crippen molar-refractivity contribution in [2.75, 3.05) is 5.32 Å². The van der Waals surface area contributed by atoms with E-state index in [1.807, 2.05) is 18.2 Å². The second-order valence-corrected chi connectivity index (χ2v) is 6.18. The maximum Gasteiger partial charge on any atom is 0.273 e. The molecule has 0 saturated heterocycles. The number of hydrogen-bond donors (Lipinski definition) is 1. The number of rotatable bonds is 5. The molecule has 1 heterocycles. The van der Waals surface area contributed by atoms with Gasteiger partial charge in [0.2, 0.25) is 0 Å². The lowest BCUT2D eigenvalue weighted by Gasteiger charge is -2.04. The zero-order valence-corrected chi connectivity index (χ0v) is 14.6. The number of halogens is 1. The minimum atomic E-state index is -0.508. The molecule has 8 heteroatoms. The second kappa shape index (κ2) is 7.37. The van der Waals surface area contributed by atoms with Gasteiger partial charge in [0.1, 0.15) is 0 Å². The Kier molecular flexibility index (Phi) is 4.99. The molecular formula is C18H15ClN4O3. The van der Waals surface area contributed by atoms with Gasteiger partial charge in [0.05, 0.1) is 11.5 Å². The second-order valence-electron chi connectivity index (χ2n) is 5.74. The molecule has 132 valence electrons. The first-order valence-corrected chi connectivity index (χ1v) is 8.14. The number of benzene rings is 2. The molecule has 3 aromatic rings. The van der Waals surface area contributed by atoms with E-state index in [1.54, 1.807) is 42.1 Å². The molecule has 0 atom stereocenters. The zero-order valence-electron chi connectivity index (χ0n) is 13.8. The van der Waals surface area contributed by atoms with Crippen molar-refractivity contribution in [2.24, 2.45) is 0 Å². The lowest BCUT2D eigenvalue weighted by Crippen LogP contribution is -2.13. The Labute approximate surface area is 154 Å². The minimum Gasteiger partial charge on any atom is -0.305 e. The van der Waals surface area contributed by atoms with Crippen LogP contribution in [0.3, 0.4) is 0 Å². The van der Waals surface area contributed by atoms with E-state index in [2.05, 4.69) is 10.4 Å². The van der Waals surface area contributed by atoms with E-state index in [0.717, 1.165) is 5.56 Å². The first kappa shape index (κ1) is 17.6. The summed E-state index contributed by atoms with van der Waals surface area (Å²) in [6, 6.07) is 13.4. The van der Waals surface area contributed by atoms with Crippen LogP contribution >= 0.6 is 11.6 Å². The van der Waals surface area contributed by atoms with Crippen LogP contribution in [0.5, 0.6) is 0 Å². The third-order valence-electron chi connectivity index (χ3n) is 3.78. The first-order chi connectivity index (χ1) is 12.4. The van der Waals surface area contributed by atoms with Gasteiger partial charge < -0.3 is 5.32 Å². The largest absolute Gasteiger partial charge is 0.305 e. The molecule has 0 aliphatic carbocycles. The van der Waals surface area contributed by atoms with Gasteiger partial charge in [0.25, 0.3) is 11.6 Å². The van der Waals surface area contributed by atoms with E-state index >= 15 is 0 Å². The van der Waals surface area contributed by atoms with Crippen molar-refractivity contribution >= 4 is 29.0 Å². The van der Waals surface area contributed by atoms with Crippen LogP contribution in [0, 0.1) is 17.0 Å². The lowest BCUT2D eigenvalue weighted by atomic mass is 10.1. The van der Waals surface area contributed by atoms with Crippen LogP contribution in [0.15, 0.2) is 54.7 Å². The van der Waals surface area contributed by atoms with Crippen molar-refractivity contribution in [3.8, 4) is 0 Å². The molecule has 0 fully saturated rings. The molecular weight excluding hydrogens is 356 g/mol. The molecule has 1 amide bonds. The topological polar surface area (TPSA) is 90.1 Å². The van der Waals surface area contributed by atoms with Crippen LogP contribution in [0.25, 0.3) is 0 Å². The highest BCUT2D eigenvalue weighted by Gasteiger charge is 2.15. The molecule has 7 nitrogen and oxygen atoms in total. The van der Waals surface area contributed by atoms with Gasteiger partial charge in [-0.05, 0) is 30.7 Å². The Bertz CT molecular complexity index is 984. The number of nitrogens with one attached hydrogen (secondary N) is 1. The summed E-state index contributed by atoms with van der Waals surface area (Å²) in [4.78, 5) is 22.8. The average molecular weight is 371 g/mol. The van der Waals surface area contributed by atoms with Gasteiger partial charge in [-0.1, -0.05) is 29.8 Å². The summed E-state index contributed by atoms with van der Waals surface area (Å²) < 4.78 is 1.67. The van der Waals surface area contributed by atoms with Crippen LogP contribution in [0.1, 0.15) is 21.5 Å². The van der Waals surface area contributed by atoms with Crippen LogP contribution in [0.2, 0.25) is 5.02 Å². The van der Waals surface area contributed by atoms with E-state index in [4.69, 9.17) is 11.6 Å². The molecule has 1 aromatic heterocycles. The van der Waals surface area contributed by atoms with Crippen molar-refractivity contribution in [1.82, 2.24) is 9.78 Å². The number of carbonyl (C=O) groups is 1. The minimum absolute atomic E-state index is 0.0934. The van der Waals surface area contributed by atoms with E-state index in [0.29, 0.717) is 22.9 Å². The van der Waals surface area contributed by atoms with Gasteiger partial charge >= 0.3 is 0 Å². The predicted octanol–water partition coefficient (Wildman–Crippen LogP) is 4.05. The van der Waals surface area contributed by atoms with Crippen LogP contribution in [-0.2, 0) is 6.54 Å². The summed E-state index contributed by atoms with van der Waals surface area (Å²) in [5.41, 5.74) is 1.58. The fourth-order valence-corrected chi connectivity index (χ4v) is 2.69. The molecule has 3 rings (SSSR count). The number of nitrogens with zero attached hydrogens (tertiary/aromatic N) is 3. The number of hydrogen-bond acceptors (Lipinski definition) is 4. The van der Waals surface area contributed by atoms with E-state index < -0.39 is 10.8 Å². The van der Waals surface area contributed by atoms with Crippen LogP contribution in [-0.4, -0.2) is 20.6 Å². The standard InChI is InChI=1S/C18H15ClN4O3/c1-12-5-6-14(10-16(12)23(25)26)18(24)20-17-7-8-22(21-17)11-13-3-2-4-15(19)9-13/h2-10H,11H2,1H3,(H,20,21,24). The number of amides is 1. The van der Waals surface area contributed by atoms with Crippen LogP contribution in [0.4, 0.5) is 11.5 Å². The van der Waals surface area contributed by atoms with Gasteiger partial charge in [-0.25, -0.2) is 0 Å². The van der Waals surface area contributed by atoms with Crippen LogP contribution < -0.4 is 5.32 Å². The summed E-state index contributed by atoms with van der Waals surface area (Å²) in [6.07, 6.45) is 1.73. The predicted molar refractivity (Wildman–Crippen MR) is 98.6 cm³/mol. The molecule has 1 N–H and O–H groups in total. The number of nitro groups is 1. The number of anilines is 1. The fraction of sp³-hybridized carbons (Fsp3) is 0.111. The zero-order chi connectivity index (χ0) is 18.7. The molecule has 0 spiro atoms. The summed E-state index contributed by atoms with van der Waals surface area (Å²) in [5, 5.41) is 18.6. The first-order valence-electron chi connectivity index (χ1n) is 7.76. The lowest BCUT2D eigenvalue weighted by molar-refractivity contribution is -0.385. The van der Waals surface area contributed by atoms with Gasteiger partial charge in [-0.3, -0.25) is 19.6 Å². The van der Waals surface area contributed by atoms with Gasteiger partial charge in [0, 0.05) is 34.5 Å². The van der Waals surface area contributed by atoms with E-state index in [-0.39, 0.29) is 11.3 Å². The molecule has 2 aromatic carbocycles. The molecule has 26 heavy (non-hydrogen) atoms. The quantitative estimate of drug-likeness (QED) is 0.541. The number of aryl methyl sites for hydroxylation is 1. The summed E-state index contributed by atoms with van der Waals surface area (Å²) in [6.45, 7) is 2.13. The average Bonchev–Trinajstić information content (AvgIpc) is 3.01. The normalized spacial score (nSPS) is 10.5. The van der Waals surface area contributed by atoms with E-state index in [1.165, 1.54) is 6.07 Å². The maximum atomic E-state index is 12.3. The summed E-state index contributed by atoms with van der Waals surface area (Å²) in [7, 11) is 0. The molecule has 0 radical (unpaired) electrons. The molecule has 0 unspecified atom stereocenters. The monoisotopic (exact) mass is 370 g/mol. The van der Waals surface area contributed by atoms with Crippen molar-refractivity contribution in [3.05, 3.63) is 86.6 Å². The third kappa shape index (κ3) is 4.07. The Morgan fingerprint density at radius 1 is 1.27 bits per heavy atom. The molecule has 0 saturated carbocycles. The number of nitro benzene ring substituents is 1. The Morgan fingerprint density at radius 2 is 2.08 bits per heavy atom. The van der Waals surface area contributed by atoms with Crippen molar-refractivity contribution in [2.45, 2.75) is 13.5 Å². The highest BCUT2D eigenvalue weighted by atomic mass is 35.5. The molecule has 0 bridgehead atoms. The molecule has 0 aliphatic rings. The summed E-state index contributed by atoms with van der Waals surface area (Å²) >= 11 is 5.96. The Balaban J connectivity index is 1.72. The smallest absolute Gasteiger partial charge is 0.273 e.